The summed E-state index contributed by atoms with van der Waals surface area (Å²) in [6.45, 7) is 5.71. The number of halogens is 2. The summed E-state index contributed by atoms with van der Waals surface area (Å²) in [6.07, 6.45) is 3.03. The molecular formula is C19H23ClFNO4. The number of benzene rings is 1. The van der Waals surface area contributed by atoms with E-state index >= 15 is 0 Å². The fraction of sp³-hybridized carbons (Fsp3) is 0.632. The molecule has 0 spiro atoms. The number of hydrogen-bond acceptors (Lipinski definition) is 4. The van der Waals surface area contributed by atoms with Gasteiger partial charge in [0.05, 0.1) is 10.6 Å². The SMILES string of the molecule is Cc1c(C(=O)O)cc(Cl)c2c1OC(C)(C1CCN(CC3(F)CC3)CC1)O2. The summed E-state index contributed by atoms with van der Waals surface area (Å²) in [5, 5.41) is 9.58. The first-order valence-corrected chi connectivity index (χ1v) is 9.44. The molecule has 1 aromatic carbocycles. The van der Waals surface area contributed by atoms with E-state index in [4.69, 9.17) is 21.1 Å². The molecule has 5 nitrogen and oxygen atoms in total. The van der Waals surface area contributed by atoms with Crippen LogP contribution in [0.1, 0.15) is 48.5 Å². The zero-order valence-corrected chi connectivity index (χ0v) is 15.7. The molecular weight excluding hydrogens is 361 g/mol. The van der Waals surface area contributed by atoms with E-state index in [0.29, 0.717) is 36.4 Å². The number of aromatic carboxylic acids is 1. The van der Waals surface area contributed by atoms with Gasteiger partial charge in [-0.1, -0.05) is 11.6 Å². The molecule has 0 amide bonds. The minimum Gasteiger partial charge on any atom is -0.478 e. The predicted octanol–water partition coefficient (Wildman–Crippen LogP) is 4.05. The van der Waals surface area contributed by atoms with Crippen molar-refractivity contribution in [2.45, 2.75) is 51.0 Å². The van der Waals surface area contributed by atoms with Gasteiger partial charge >= 0.3 is 5.97 Å². The second kappa shape index (κ2) is 5.99. The molecule has 1 atom stereocenters. The summed E-state index contributed by atoms with van der Waals surface area (Å²) in [5.74, 6) is -0.963. The van der Waals surface area contributed by atoms with Crippen molar-refractivity contribution >= 4 is 17.6 Å². The van der Waals surface area contributed by atoms with Crippen molar-refractivity contribution in [3.8, 4) is 11.5 Å². The molecule has 3 aliphatic rings. The first kappa shape index (κ1) is 17.9. The van der Waals surface area contributed by atoms with Gasteiger partial charge in [-0.3, -0.25) is 0 Å². The van der Waals surface area contributed by atoms with Gasteiger partial charge in [0.2, 0.25) is 0 Å². The predicted molar refractivity (Wildman–Crippen MR) is 95.0 cm³/mol. The summed E-state index contributed by atoms with van der Waals surface area (Å²) < 4.78 is 26.2. The van der Waals surface area contributed by atoms with E-state index < -0.39 is 17.4 Å². The Morgan fingerprint density at radius 3 is 2.54 bits per heavy atom. The molecule has 7 heteroatoms. The number of likely N-dealkylation sites (tertiary alicyclic amines) is 1. The number of fused-ring (bicyclic) bond motifs is 1. The Morgan fingerprint density at radius 2 is 1.96 bits per heavy atom. The number of nitrogens with zero attached hydrogens (tertiary/aromatic N) is 1. The molecule has 1 saturated heterocycles. The molecule has 2 heterocycles. The molecule has 1 saturated carbocycles. The highest BCUT2D eigenvalue weighted by Gasteiger charge is 2.49. The number of alkyl halides is 1. The second-order valence-electron chi connectivity index (χ2n) is 7.92. The second-order valence-corrected chi connectivity index (χ2v) is 8.32. The monoisotopic (exact) mass is 383 g/mol. The van der Waals surface area contributed by atoms with Gasteiger partial charge in [-0.25, -0.2) is 9.18 Å². The van der Waals surface area contributed by atoms with Gasteiger partial charge in [-0.2, -0.15) is 0 Å². The fourth-order valence-corrected chi connectivity index (χ4v) is 4.28. The summed E-state index contributed by atoms with van der Waals surface area (Å²) >= 11 is 6.24. The molecule has 4 rings (SSSR count). The van der Waals surface area contributed by atoms with E-state index in [0.717, 1.165) is 25.9 Å². The Balaban J connectivity index is 1.49. The molecule has 0 radical (unpaired) electrons. The van der Waals surface area contributed by atoms with Crippen molar-refractivity contribution in [1.82, 2.24) is 4.90 Å². The Kier molecular flexibility index (Phi) is 4.12. The lowest BCUT2D eigenvalue weighted by atomic mass is 9.89. The number of ether oxygens (including phenoxy) is 2. The van der Waals surface area contributed by atoms with Crippen LogP contribution in [-0.2, 0) is 0 Å². The molecule has 142 valence electrons. The van der Waals surface area contributed by atoms with Gasteiger partial charge in [0.25, 0.3) is 5.79 Å². The van der Waals surface area contributed by atoms with Gasteiger partial charge in [0.15, 0.2) is 11.5 Å². The summed E-state index contributed by atoms with van der Waals surface area (Å²) in [6, 6.07) is 1.41. The third-order valence-corrected chi connectivity index (χ3v) is 6.19. The number of carboxylic acids is 1. The Morgan fingerprint density at radius 1 is 1.35 bits per heavy atom. The van der Waals surface area contributed by atoms with Crippen LogP contribution in [0.15, 0.2) is 6.07 Å². The van der Waals surface area contributed by atoms with Crippen LogP contribution in [0.3, 0.4) is 0 Å². The average Bonchev–Trinajstić information content (AvgIpc) is 3.18. The quantitative estimate of drug-likeness (QED) is 0.850. The van der Waals surface area contributed by atoms with E-state index in [1.165, 1.54) is 6.07 Å². The van der Waals surface area contributed by atoms with Crippen LogP contribution in [0, 0.1) is 12.8 Å². The van der Waals surface area contributed by atoms with Crippen molar-refractivity contribution in [2.24, 2.45) is 5.92 Å². The Bertz CT molecular complexity index is 758. The van der Waals surface area contributed by atoms with Crippen LogP contribution in [-0.4, -0.2) is 47.1 Å². The maximum Gasteiger partial charge on any atom is 0.336 e. The van der Waals surface area contributed by atoms with Crippen molar-refractivity contribution in [3.05, 3.63) is 22.2 Å². The van der Waals surface area contributed by atoms with Crippen LogP contribution in [0.4, 0.5) is 4.39 Å². The molecule has 2 aliphatic heterocycles. The highest BCUT2D eigenvalue weighted by Crippen LogP contribution is 2.51. The molecule has 0 bridgehead atoms. The standard InChI is InChI=1S/C19H23ClFNO4/c1-11-13(17(23)24)9-14(20)16-15(11)25-18(2,26-16)12-3-7-22(8-4-12)10-19(21)5-6-19/h9,12H,3-8,10H2,1-2H3,(H,23,24). The first-order valence-electron chi connectivity index (χ1n) is 9.06. The van der Waals surface area contributed by atoms with E-state index in [1.54, 1.807) is 6.92 Å². The molecule has 26 heavy (non-hydrogen) atoms. The van der Waals surface area contributed by atoms with E-state index in [2.05, 4.69) is 4.90 Å². The van der Waals surface area contributed by atoms with Crippen LogP contribution in [0.25, 0.3) is 0 Å². The van der Waals surface area contributed by atoms with Gasteiger partial charge in [0, 0.05) is 24.9 Å². The maximum absolute atomic E-state index is 14.0. The lowest BCUT2D eigenvalue weighted by Gasteiger charge is -2.39. The van der Waals surface area contributed by atoms with Crippen LogP contribution in [0.2, 0.25) is 5.02 Å². The largest absolute Gasteiger partial charge is 0.478 e. The Hall–Kier alpha value is -1.53. The minimum absolute atomic E-state index is 0.120. The van der Waals surface area contributed by atoms with Crippen molar-refractivity contribution in [1.29, 1.82) is 0 Å². The topological polar surface area (TPSA) is 59.0 Å². The zero-order valence-electron chi connectivity index (χ0n) is 15.0. The maximum atomic E-state index is 14.0. The van der Waals surface area contributed by atoms with Crippen LogP contribution in [0.5, 0.6) is 11.5 Å². The number of carboxylic acid groups (broad SMARTS) is 1. The van der Waals surface area contributed by atoms with E-state index in [9.17, 15) is 14.3 Å². The highest BCUT2D eigenvalue weighted by atomic mass is 35.5. The zero-order chi connectivity index (χ0) is 18.7. The first-order chi connectivity index (χ1) is 12.2. The number of carbonyl (C=O) groups is 1. The average molecular weight is 384 g/mol. The summed E-state index contributed by atoms with van der Waals surface area (Å²) in [5.41, 5.74) is -0.328. The summed E-state index contributed by atoms with van der Waals surface area (Å²) in [4.78, 5) is 13.6. The van der Waals surface area contributed by atoms with Crippen molar-refractivity contribution < 1.29 is 23.8 Å². The third kappa shape index (κ3) is 3.03. The van der Waals surface area contributed by atoms with Gasteiger partial charge in [-0.15, -0.1) is 0 Å². The third-order valence-electron chi connectivity index (χ3n) is 5.91. The number of piperidine rings is 1. The Labute approximate surface area is 157 Å². The van der Waals surface area contributed by atoms with Crippen molar-refractivity contribution in [2.75, 3.05) is 19.6 Å². The molecule has 1 aliphatic carbocycles. The lowest BCUT2D eigenvalue weighted by Crippen LogP contribution is -2.49. The van der Waals surface area contributed by atoms with Crippen LogP contribution >= 0.6 is 11.6 Å². The van der Waals surface area contributed by atoms with Crippen molar-refractivity contribution in [3.63, 3.8) is 0 Å². The van der Waals surface area contributed by atoms with Gasteiger partial charge in [0.1, 0.15) is 5.67 Å². The van der Waals surface area contributed by atoms with Gasteiger partial charge in [-0.05, 0) is 51.8 Å². The minimum atomic E-state index is -1.04. The smallest absolute Gasteiger partial charge is 0.336 e. The molecule has 1 N–H and O–H groups in total. The highest BCUT2D eigenvalue weighted by molar-refractivity contribution is 6.32. The fourth-order valence-electron chi connectivity index (χ4n) is 4.04. The molecule has 0 aromatic heterocycles. The van der Waals surface area contributed by atoms with Gasteiger partial charge < -0.3 is 19.5 Å². The molecule has 1 aromatic rings. The lowest BCUT2D eigenvalue weighted by molar-refractivity contribution is -0.125. The van der Waals surface area contributed by atoms with Crippen LogP contribution < -0.4 is 9.47 Å². The summed E-state index contributed by atoms with van der Waals surface area (Å²) in [7, 11) is 0. The van der Waals surface area contributed by atoms with E-state index in [1.807, 2.05) is 6.92 Å². The number of rotatable bonds is 4. The number of hydrogen-bond donors (Lipinski definition) is 1. The van der Waals surface area contributed by atoms with E-state index in [-0.39, 0.29) is 16.5 Å². The molecule has 2 fully saturated rings. The normalized spacial score (nSPS) is 27.5. The molecule has 1 unspecified atom stereocenters.